The SMILES string of the molecule is CSc1sc(C(=O)NN)c2c1[C@H](O)CCC2. The molecule has 1 amide bonds. The second-order valence-electron chi connectivity index (χ2n) is 3.70. The minimum absolute atomic E-state index is 0.254. The molecule has 4 N–H and O–H groups in total. The van der Waals surface area contributed by atoms with Crippen LogP contribution >= 0.6 is 23.1 Å². The second kappa shape index (κ2) is 4.75. The Balaban J connectivity index is 2.52. The van der Waals surface area contributed by atoms with E-state index in [9.17, 15) is 9.90 Å². The van der Waals surface area contributed by atoms with Gasteiger partial charge in [0.05, 0.1) is 15.2 Å². The normalized spacial score (nSPS) is 19.3. The molecule has 1 atom stereocenters. The van der Waals surface area contributed by atoms with Crippen LogP contribution in [0.25, 0.3) is 0 Å². The number of thiophene rings is 1. The van der Waals surface area contributed by atoms with Gasteiger partial charge in [0, 0.05) is 5.56 Å². The molecule has 0 radical (unpaired) electrons. The third-order valence-corrected chi connectivity index (χ3v) is 5.16. The second-order valence-corrected chi connectivity index (χ2v) is 5.79. The van der Waals surface area contributed by atoms with Crippen LogP contribution < -0.4 is 11.3 Å². The maximum absolute atomic E-state index is 11.6. The first-order valence-electron chi connectivity index (χ1n) is 5.07. The van der Waals surface area contributed by atoms with E-state index in [0.29, 0.717) is 4.88 Å². The molecule has 1 aromatic rings. The zero-order valence-electron chi connectivity index (χ0n) is 8.95. The molecule has 0 bridgehead atoms. The molecule has 0 spiro atoms. The Kier molecular flexibility index (Phi) is 3.53. The number of nitrogen functional groups attached to an aromatic ring is 1. The molecule has 2 rings (SSSR count). The van der Waals surface area contributed by atoms with Gasteiger partial charge >= 0.3 is 0 Å². The number of hydrazine groups is 1. The summed E-state index contributed by atoms with van der Waals surface area (Å²) in [5.41, 5.74) is 4.09. The van der Waals surface area contributed by atoms with E-state index in [1.54, 1.807) is 11.8 Å². The van der Waals surface area contributed by atoms with Crippen molar-refractivity contribution < 1.29 is 9.90 Å². The summed E-state index contributed by atoms with van der Waals surface area (Å²) in [6.45, 7) is 0. The van der Waals surface area contributed by atoms with Gasteiger partial charge in [-0.25, -0.2) is 5.84 Å². The van der Waals surface area contributed by atoms with Gasteiger partial charge in [0.2, 0.25) is 0 Å². The summed E-state index contributed by atoms with van der Waals surface area (Å²) in [6.07, 6.45) is 4.08. The zero-order valence-corrected chi connectivity index (χ0v) is 10.6. The van der Waals surface area contributed by atoms with E-state index in [2.05, 4.69) is 5.43 Å². The van der Waals surface area contributed by atoms with Gasteiger partial charge in [-0.1, -0.05) is 0 Å². The number of thioether (sulfide) groups is 1. The highest BCUT2D eigenvalue weighted by Gasteiger charge is 2.28. The van der Waals surface area contributed by atoms with Crippen molar-refractivity contribution in [1.82, 2.24) is 5.43 Å². The lowest BCUT2D eigenvalue weighted by Crippen LogP contribution is -2.30. The van der Waals surface area contributed by atoms with Crippen LogP contribution in [0.2, 0.25) is 0 Å². The number of carbonyl (C=O) groups is 1. The fraction of sp³-hybridized carbons (Fsp3) is 0.500. The van der Waals surface area contributed by atoms with Crippen LogP contribution in [0.5, 0.6) is 0 Å². The molecule has 1 aromatic heterocycles. The van der Waals surface area contributed by atoms with Gasteiger partial charge in [-0.3, -0.25) is 10.2 Å². The fourth-order valence-electron chi connectivity index (χ4n) is 2.06. The highest BCUT2D eigenvalue weighted by Crippen LogP contribution is 2.43. The number of rotatable bonds is 2. The van der Waals surface area contributed by atoms with Gasteiger partial charge in [0.1, 0.15) is 0 Å². The predicted molar refractivity (Wildman–Crippen MR) is 65.7 cm³/mol. The maximum Gasteiger partial charge on any atom is 0.275 e. The topological polar surface area (TPSA) is 75.4 Å². The third kappa shape index (κ3) is 1.86. The lowest BCUT2D eigenvalue weighted by molar-refractivity contribution is 0.0956. The Morgan fingerprint density at radius 2 is 2.44 bits per heavy atom. The monoisotopic (exact) mass is 258 g/mol. The molecule has 0 saturated heterocycles. The van der Waals surface area contributed by atoms with Crippen molar-refractivity contribution in [3.05, 3.63) is 16.0 Å². The molecule has 4 nitrogen and oxygen atoms in total. The molecule has 0 aromatic carbocycles. The molecule has 1 heterocycles. The Bertz CT molecular complexity index is 417. The minimum atomic E-state index is -0.429. The summed E-state index contributed by atoms with van der Waals surface area (Å²) >= 11 is 3.00. The number of fused-ring (bicyclic) bond motifs is 1. The van der Waals surface area contributed by atoms with Crippen molar-refractivity contribution >= 4 is 29.0 Å². The Morgan fingerprint density at radius 1 is 1.69 bits per heavy atom. The lowest BCUT2D eigenvalue weighted by Gasteiger charge is -2.19. The molecular weight excluding hydrogens is 244 g/mol. The van der Waals surface area contributed by atoms with Crippen LogP contribution in [0.3, 0.4) is 0 Å². The fourth-order valence-corrected chi connectivity index (χ4v) is 4.16. The highest BCUT2D eigenvalue weighted by atomic mass is 32.2. The number of nitrogens with one attached hydrogen (secondary N) is 1. The quantitative estimate of drug-likeness (QED) is 0.325. The van der Waals surface area contributed by atoms with Crippen molar-refractivity contribution in [3.8, 4) is 0 Å². The molecule has 16 heavy (non-hydrogen) atoms. The highest BCUT2D eigenvalue weighted by molar-refractivity contribution is 8.00. The van der Waals surface area contributed by atoms with Crippen LogP contribution in [0, 0.1) is 0 Å². The van der Waals surface area contributed by atoms with E-state index < -0.39 is 6.10 Å². The molecule has 0 saturated carbocycles. The Labute approximate surface area is 102 Å². The Morgan fingerprint density at radius 3 is 3.06 bits per heavy atom. The first-order chi connectivity index (χ1) is 7.69. The van der Waals surface area contributed by atoms with Gasteiger partial charge in [0.15, 0.2) is 0 Å². The number of carbonyl (C=O) groups excluding carboxylic acids is 1. The predicted octanol–water partition coefficient (Wildman–Crippen LogP) is 1.44. The van der Waals surface area contributed by atoms with E-state index in [-0.39, 0.29) is 5.91 Å². The van der Waals surface area contributed by atoms with Gasteiger partial charge < -0.3 is 5.11 Å². The lowest BCUT2D eigenvalue weighted by atomic mass is 9.91. The number of aliphatic hydroxyl groups excluding tert-OH is 1. The summed E-state index contributed by atoms with van der Waals surface area (Å²) in [6, 6.07) is 0. The molecule has 88 valence electrons. The van der Waals surface area contributed by atoms with Gasteiger partial charge in [0.25, 0.3) is 5.91 Å². The van der Waals surface area contributed by atoms with Crippen LogP contribution in [0.1, 0.15) is 39.7 Å². The number of amides is 1. The first-order valence-corrected chi connectivity index (χ1v) is 7.11. The van der Waals surface area contributed by atoms with E-state index in [4.69, 9.17) is 5.84 Å². The zero-order chi connectivity index (χ0) is 11.7. The van der Waals surface area contributed by atoms with Crippen LogP contribution in [-0.4, -0.2) is 17.3 Å². The van der Waals surface area contributed by atoms with Crippen LogP contribution in [0.4, 0.5) is 0 Å². The molecule has 0 aliphatic heterocycles. The summed E-state index contributed by atoms with van der Waals surface area (Å²) in [4.78, 5) is 12.3. The molecule has 6 heteroatoms. The summed E-state index contributed by atoms with van der Waals surface area (Å²) in [5, 5.41) is 9.97. The molecule has 0 fully saturated rings. The van der Waals surface area contributed by atoms with E-state index >= 15 is 0 Å². The number of hydrogen-bond acceptors (Lipinski definition) is 5. The minimum Gasteiger partial charge on any atom is -0.388 e. The van der Waals surface area contributed by atoms with Crippen molar-refractivity contribution in [2.24, 2.45) is 5.84 Å². The first kappa shape index (κ1) is 11.9. The molecule has 0 unspecified atom stereocenters. The average Bonchev–Trinajstić information content (AvgIpc) is 2.68. The molecular formula is C10H14N2O2S2. The summed E-state index contributed by atoms with van der Waals surface area (Å²) in [7, 11) is 0. The maximum atomic E-state index is 11.6. The van der Waals surface area contributed by atoms with Gasteiger partial charge in [-0.2, -0.15) is 0 Å². The van der Waals surface area contributed by atoms with Crippen LogP contribution in [-0.2, 0) is 6.42 Å². The van der Waals surface area contributed by atoms with E-state index in [1.807, 2.05) is 6.26 Å². The standard InChI is InChI=1S/C10H14N2O2S2/c1-15-10-7-5(3-2-4-6(7)13)8(16-10)9(14)12-11/h6,13H,2-4,11H2,1H3,(H,12,14)/t6-/m1/s1. The smallest absolute Gasteiger partial charge is 0.275 e. The average molecular weight is 258 g/mol. The molecule has 1 aliphatic carbocycles. The van der Waals surface area contributed by atoms with Gasteiger partial charge in [-0.05, 0) is 31.1 Å². The summed E-state index contributed by atoms with van der Waals surface area (Å²) < 4.78 is 1.03. The number of hydrogen-bond donors (Lipinski definition) is 3. The van der Waals surface area contributed by atoms with Crippen molar-refractivity contribution in [2.75, 3.05) is 6.26 Å². The third-order valence-electron chi connectivity index (χ3n) is 2.77. The molecule has 1 aliphatic rings. The largest absolute Gasteiger partial charge is 0.388 e. The van der Waals surface area contributed by atoms with Crippen molar-refractivity contribution in [3.63, 3.8) is 0 Å². The van der Waals surface area contributed by atoms with Gasteiger partial charge in [-0.15, -0.1) is 23.1 Å². The van der Waals surface area contributed by atoms with E-state index in [0.717, 1.165) is 34.6 Å². The van der Waals surface area contributed by atoms with E-state index in [1.165, 1.54) is 11.3 Å². The van der Waals surface area contributed by atoms with Crippen LogP contribution in [0.15, 0.2) is 4.21 Å². The number of aliphatic hydroxyl groups is 1. The Hall–Kier alpha value is -0.560. The van der Waals surface area contributed by atoms with Crippen molar-refractivity contribution in [1.29, 1.82) is 0 Å². The van der Waals surface area contributed by atoms with Crippen molar-refractivity contribution in [2.45, 2.75) is 29.6 Å². The summed E-state index contributed by atoms with van der Waals surface area (Å²) in [5.74, 6) is 4.91. The number of nitrogens with two attached hydrogens (primary N) is 1.